The molecule has 112 valence electrons. The van der Waals surface area contributed by atoms with Crippen molar-refractivity contribution in [3.05, 3.63) is 24.3 Å². The van der Waals surface area contributed by atoms with Crippen molar-refractivity contribution in [2.45, 2.75) is 25.2 Å². The number of rotatable bonds is 7. The zero-order valence-electron chi connectivity index (χ0n) is 11.5. The number of nitrogens with two attached hydrogens (primary N) is 1. The second-order valence-corrected chi connectivity index (χ2v) is 6.86. The molecule has 1 unspecified atom stereocenters. The van der Waals surface area contributed by atoms with Gasteiger partial charge in [-0.2, -0.15) is 0 Å². The normalized spacial score (nSPS) is 13.3. The molecular weight excluding hydrogens is 280 g/mol. The van der Waals surface area contributed by atoms with E-state index in [9.17, 15) is 13.2 Å². The predicted molar refractivity (Wildman–Crippen MR) is 76.6 cm³/mol. The van der Waals surface area contributed by atoms with Crippen molar-refractivity contribution in [3.8, 4) is 0 Å². The molecule has 0 aliphatic carbocycles. The Morgan fingerprint density at radius 1 is 1.40 bits per heavy atom. The lowest BCUT2D eigenvalue weighted by atomic mass is 9.98. The molecular formula is C13H20N2O4S. The number of carbonyl (C=O) groups is 1. The summed E-state index contributed by atoms with van der Waals surface area (Å²) in [6.07, 6.45) is 0.411. The van der Waals surface area contributed by atoms with Gasteiger partial charge in [0.15, 0.2) is 0 Å². The van der Waals surface area contributed by atoms with Gasteiger partial charge in [-0.05, 0) is 30.5 Å². The molecule has 4 N–H and O–H groups in total. The number of hydrogen-bond donors (Lipinski definition) is 3. The van der Waals surface area contributed by atoms with Gasteiger partial charge in [0.1, 0.15) is 0 Å². The van der Waals surface area contributed by atoms with Gasteiger partial charge in [-0.15, -0.1) is 0 Å². The standard InChI is InChI=1S/C13H20N2O4S/c1-9(2)6-10(13(16)17)8-15-20(18,19)12-5-3-4-11(14)7-12/h3-5,7,9-10,15H,6,8,14H2,1-2H3,(H,16,17). The molecule has 0 amide bonds. The first-order valence-corrected chi connectivity index (χ1v) is 7.78. The summed E-state index contributed by atoms with van der Waals surface area (Å²) < 4.78 is 26.4. The number of sulfonamides is 1. The highest BCUT2D eigenvalue weighted by atomic mass is 32.2. The van der Waals surface area contributed by atoms with Gasteiger partial charge in [0.2, 0.25) is 10.0 Å². The fraction of sp³-hybridized carbons (Fsp3) is 0.462. The number of anilines is 1. The molecule has 0 bridgehead atoms. The number of carboxylic acid groups (broad SMARTS) is 1. The fourth-order valence-corrected chi connectivity index (χ4v) is 2.95. The van der Waals surface area contributed by atoms with E-state index in [-0.39, 0.29) is 17.4 Å². The molecule has 0 saturated heterocycles. The van der Waals surface area contributed by atoms with Crippen LogP contribution in [0.15, 0.2) is 29.2 Å². The van der Waals surface area contributed by atoms with Gasteiger partial charge >= 0.3 is 5.97 Å². The van der Waals surface area contributed by atoms with Crippen molar-refractivity contribution in [2.24, 2.45) is 11.8 Å². The molecule has 6 nitrogen and oxygen atoms in total. The summed E-state index contributed by atoms with van der Waals surface area (Å²) in [4.78, 5) is 11.1. The van der Waals surface area contributed by atoms with Gasteiger partial charge in [0, 0.05) is 12.2 Å². The molecule has 0 fully saturated rings. The third-order valence-electron chi connectivity index (χ3n) is 2.79. The van der Waals surface area contributed by atoms with Crippen LogP contribution < -0.4 is 10.5 Å². The predicted octanol–water partition coefficient (Wildman–Crippen LogP) is 1.29. The molecule has 7 heteroatoms. The molecule has 0 heterocycles. The van der Waals surface area contributed by atoms with E-state index in [1.54, 1.807) is 6.07 Å². The molecule has 0 spiro atoms. The minimum Gasteiger partial charge on any atom is -0.481 e. The molecule has 0 aliphatic heterocycles. The Hall–Kier alpha value is -1.60. The molecule has 0 aliphatic rings. The fourth-order valence-electron chi connectivity index (χ4n) is 1.82. The summed E-state index contributed by atoms with van der Waals surface area (Å²) in [7, 11) is -3.74. The SMILES string of the molecule is CC(C)CC(CNS(=O)(=O)c1cccc(N)c1)C(=O)O. The molecule has 0 aromatic heterocycles. The Morgan fingerprint density at radius 3 is 2.55 bits per heavy atom. The summed E-state index contributed by atoms with van der Waals surface area (Å²) in [5.74, 6) is -1.58. The number of carboxylic acids is 1. The highest BCUT2D eigenvalue weighted by molar-refractivity contribution is 7.89. The maximum Gasteiger partial charge on any atom is 0.307 e. The van der Waals surface area contributed by atoms with Gasteiger partial charge in [-0.25, -0.2) is 13.1 Å². The van der Waals surface area contributed by atoms with Crippen LogP contribution in [0.3, 0.4) is 0 Å². The third kappa shape index (κ3) is 4.82. The van der Waals surface area contributed by atoms with Crippen LogP contribution in [0.2, 0.25) is 0 Å². The topological polar surface area (TPSA) is 109 Å². The first-order valence-electron chi connectivity index (χ1n) is 6.30. The average molecular weight is 300 g/mol. The Balaban J connectivity index is 2.78. The van der Waals surface area contributed by atoms with Crippen LogP contribution in [0, 0.1) is 11.8 Å². The zero-order chi connectivity index (χ0) is 15.3. The first kappa shape index (κ1) is 16.5. The number of benzene rings is 1. The van der Waals surface area contributed by atoms with Crippen LogP contribution in [-0.2, 0) is 14.8 Å². The van der Waals surface area contributed by atoms with Crippen LogP contribution in [-0.4, -0.2) is 26.0 Å². The highest BCUT2D eigenvalue weighted by Crippen LogP contribution is 2.15. The lowest BCUT2D eigenvalue weighted by Crippen LogP contribution is -2.33. The van der Waals surface area contributed by atoms with Crippen molar-refractivity contribution in [3.63, 3.8) is 0 Å². The summed E-state index contributed by atoms with van der Waals surface area (Å²) in [6.45, 7) is 3.65. The number of hydrogen-bond acceptors (Lipinski definition) is 4. The van der Waals surface area contributed by atoms with Gasteiger partial charge in [-0.3, -0.25) is 4.79 Å². The molecule has 1 atom stereocenters. The molecule has 1 aromatic carbocycles. The van der Waals surface area contributed by atoms with Crippen molar-refractivity contribution in [1.82, 2.24) is 4.72 Å². The number of nitrogen functional groups attached to an aromatic ring is 1. The van der Waals surface area contributed by atoms with E-state index in [1.807, 2.05) is 13.8 Å². The van der Waals surface area contributed by atoms with Crippen molar-refractivity contribution in [1.29, 1.82) is 0 Å². The van der Waals surface area contributed by atoms with Gasteiger partial charge in [-0.1, -0.05) is 19.9 Å². The quantitative estimate of drug-likeness (QED) is 0.657. The Labute approximate surface area is 119 Å². The van der Waals surface area contributed by atoms with Gasteiger partial charge in [0.25, 0.3) is 0 Å². The summed E-state index contributed by atoms with van der Waals surface area (Å²) in [6, 6.07) is 5.86. The van der Waals surface area contributed by atoms with Crippen LogP contribution in [0.5, 0.6) is 0 Å². The Kier molecular flexibility index (Phi) is 5.52. The minimum atomic E-state index is -3.74. The van der Waals surface area contributed by atoms with Crippen LogP contribution >= 0.6 is 0 Å². The first-order chi connectivity index (χ1) is 9.22. The molecule has 1 rings (SSSR count). The smallest absolute Gasteiger partial charge is 0.307 e. The van der Waals surface area contributed by atoms with E-state index in [0.717, 1.165) is 0 Å². The molecule has 1 aromatic rings. The van der Waals surface area contributed by atoms with Crippen LogP contribution in [0.4, 0.5) is 5.69 Å². The van der Waals surface area contributed by atoms with E-state index in [0.29, 0.717) is 12.1 Å². The monoisotopic (exact) mass is 300 g/mol. The van der Waals surface area contributed by atoms with Gasteiger partial charge in [0.05, 0.1) is 10.8 Å². The second kappa shape index (κ2) is 6.71. The van der Waals surface area contributed by atoms with Crippen LogP contribution in [0.25, 0.3) is 0 Å². The number of aliphatic carboxylic acids is 1. The lowest BCUT2D eigenvalue weighted by Gasteiger charge is -2.15. The van der Waals surface area contributed by atoms with Crippen molar-refractivity contribution in [2.75, 3.05) is 12.3 Å². The maximum atomic E-state index is 12.0. The van der Waals surface area contributed by atoms with Gasteiger partial charge < -0.3 is 10.8 Å². The van der Waals surface area contributed by atoms with E-state index >= 15 is 0 Å². The highest BCUT2D eigenvalue weighted by Gasteiger charge is 2.22. The zero-order valence-corrected chi connectivity index (χ0v) is 12.4. The Morgan fingerprint density at radius 2 is 2.05 bits per heavy atom. The van der Waals surface area contributed by atoms with Crippen molar-refractivity contribution >= 4 is 21.7 Å². The maximum absolute atomic E-state index is 12.0. The van der Waals surface area contributed by atoms with E-state index < -0.39 is 21.9 Å². The van der Waals surface area contributed by atoms with E-state index in [1.165, 1.54) is 18.2 Å². The summed E-state index contributed by atoms with van der Waals surface area (Å²) in [5, 5.41) is 9.08. The molecule has 0 saturated carbocycles. The van der Waals surface area contributed by atoms with Crippen LogP contribution in [0.1, 0.15) is 20.3 Å². The summed E-state index contributed by atoms with van der Waals surface area (Å²) >= 11 is 0. The molecule has 20 heavy (non-hydrogen) atoms. The van der Waals surface area contributed by atoms with Crippen molar-refractivity contribution < 1.29 is 18.3 Å². The lowest BCUT2D eigenvalue weighted by molar-refractivity contribution is -0.142. The average Bonchev–Trinajstić information content (AvgIpc) is 2.33. The molecule has 0 radical (unpaired) electrons. The van der Waals surface area contributed by atoms with E-state index in [2.05, 4.69) is 4.72 Å². The minimum absolute atomic E-state index is 0.0335. The Bertz CT molecular complexity index is 569. The largest absolute Gasteiger partial charge is 0.481 e. The second-order valence-electron chi connectivity index (χ2n) is 5.09. The number of nitrogens with one attached hydrogen (secondary N) is 1. The summed E-state index contributed by atoms with van der Waals surface area (Å²) in [5.41, 5.74) is 5.88. The third-order valence-corrected chi connectivity index (χ3v) is 4.21. The van der Waals surface area contributed by atoms with E-state index in [4.69, 9.17) is 10.8 Å².